The van der Waals surface area contributed by atoms with Crippen molar-refractivity contribution in [3.05, 3.63) is 51.5 Å². The van der Waals surface area contributed by atoms with Gasteiger partial charge < -0.3 is 0 Å². The van der Waals surface area contributed by atoms with Crippen molar-refractivity contribution in [2.24, 2.45) is 0 Å². The molecule has 1 heterocycles. The number of rotatable bonds is 5. The highest BCUT2D eigenvalue weighted by atomic mass is 32.1. The lowest BCUT2D eigenvalue weighted by molar-refractivity contribution is 0.916. The molecular formula is C15H17NS2. The second kappa shape index (κ2) is 5.45. The molecule has 1 fully saturated rings. The van der Waals surface area contributed by atoms with Crippen LogP contribution in [-0.2, 0) is 18.6 Å². The maximum atomic E-state index is 4.83. The van der Waals surface area contributed by atoms with Crippen LogP contribution in [0.2, 0.25) is 0 Å². The number of hydrogen-bond acceptors (Lipinski definition) is 3. The van der Waals surface area contributed by atoms with Crippen molar-refractivity contribution >= 4 is 24.0 Å². The van der Waals surface area contributed by atoms with Gasteiger partial charge in [0.25, 0.3) is 0 Å². The third kappa shape index (κ3) is 2.78. The zero-order chi connectivity index (χ0) is 12.4. The molecule has 0 N–H and O–H groups in total. The number of thiol groups is 1. The maximum Gasteiger partial charge on any atom is 0.0934 e. The Balaban J connectivity index is 1.69. The molecule has 0 unspecified atom stereocenters. The Morgan fingerprint density at radius 1 is 1.17 bits per heavy atom. The third-order valence-electron chi connectivity index (χ3n) is 3.35. The van der Waals surface area contributed by atoms with Crippen LogP contribution in [0.1, 0.15) is 39.9 Å². The van der Waals surface area contributed by atoms with E-state index in [-0.39, 0.29) is 0 Å². The van der Waals surface area contributed by atoms with Crippen LogP contribution in [0.3, 0.4) is 0 Å². The van der Waals surface area contributed by atoms with Crippen LogP contribution in [0.4, 0.5) is 0 Å². The lowest BCUT2D eigenvalue weighted by Gasteiger charge is -1.97. The highest BCUT2D eigenvalue weighted by Gasteiger charge is 2.28. The number of aryl methyl sites for hydroxylation is 2. The first-order valence-corrected chi connectivity index (χ1v) is 7.95. The van der Waals surface area contributed by atoms with E-state index in [2.05, 4.69) is 43.0 Å². The molecule has 0 aliphatic heterocycles. The first-order valence-electron chi connectivity index (χ1n) is 6.50. The van der Waals surface area contributed by atoms with E-state index in [9.17, 15) is 0 Å². The summed E-state index contributed by atoms with van der Waals surface area (Å²) in [7, 11) is 0. The molecule has 94 valence electrons. The molecule has 1 nitrogen and oxygen atoms in total. The van der Waals surface area contributed by atoms with Crippen molar-refractivity contribution in [1.82, 2.24) is 4.98 Å². The standard InChI is InChI=1S/C15H17NS2/c17-10-13-15(12-7-8-12)16-14(18-13)9-6-11-4-2-1-3-5-11/h1-5,12,17H,6-10H2. The molecule has 0 radical (unpaired) electrons. The molecule has 0 amide bonds. The molecule has 1 saturated carbocycles. The van der Waals surface area contributed by atoms with E-state index in [0.29, 0.717) is 0 Å². The van der Waals surface area contributed by atoms with Gasteiger partial charge in [-0.25, -0.2) is 4.98 Å². The monoisotopic (exact) mass is 275 g/mol. The summed E-state index contributed by atoms with van der Waals surface area (Å²) in [6.45, 7) is 0. The number of thiazole rings is 1. The average molecular weight is 275 g/mol. The topological polar surface area (TPSA) is 12.9 Å². The molecule has 0 atom stereocenters. The van der Waals surface area contributed by atoms with Crippen LogP contribution in [-0.4, -0.2) is 4.98 Å². The van der Waals surface area contributed by atoms with Gasteiger partial charge in [0.05, 0.1) is 10.7 Å². The zero-order valence-electron chi connectivity index (χ0n) is 10.3. The van der Waals surface area contributed by atoms with Gasteiger partial charge in [0.2, 0.25) is 0 Å². The Labute approximate surface area is 118 Å². The van der Waals surface area contributed by atoms with Crippen LogP contribution < -0.4 is 0 Å². The second-order valence-electron chi connectivity index (χ2n) is 4.83. The fourth-order valence-electron chi connectivity index (χ4n) is 2.21. The van der Waals surface area contributed by atoms with E-state index in [1.165, 1.54) is 34.0 Å². The van der Waals surface area contributed by atoms with Crippen LogP contribution >= 0.6 is 24.0 Å². The second-order valence-corrected chi connectivity index (χ2v) is 6.32. The summed E-state index contributed by atoms with van der Waals surface area (Å²) >= 11 is 6.28. The normalized spacial score (nSPS) is 14.9. The van der Waals surface area contributed by atoms with E-state index in [4.69, 9.17) is 4.98 Å². The van der Waals surface area contributed by atoms with E-state index < -0.39 is 0 Å². The Kier molecular flexibility index (Phi) is 3.71. The van der Waals surface area contributed by atoms with Gasteiger partial charge in [0.15, 0.2) is 0 Å². The average Bonchev–Trinajstić information content (AvgIpc) is 3.18. The molecule has 3 rings (SSSR count). The van der Waals surface area contributed by atoms with E-state index in [1.807, 2.05) is 11.3 Å². The van der Waals surface area contributed by atoms with Gasteiger partial charge in [0, 0.05) is 23.0 Å². The number of hydrogen-bond donors (Lipinski definition) is 1. The Morgan fingerprint density at radius 2 is 1.94 bits per heavy atom. The van der Waals surface area contributed by atoms with Gasteiger partial charge >= 0.3 is 0 Å². The molecule has 0 bridgehead atoms. The van der Waals surface area contributed by atoms with Gasteiger partial charge in [-0.15, -0.1) is 11.3 Å². The smallest absolute Gasteiger partial charge is 0.0934 e. The van der Waals surface area contributed by atoms with Crippen molar-refractivity contribution < 1.29 is 0 Å². The van der Waals surface area contributed by atoms with Gasteiger partial charge in [0.1, 0.15) is 0 Å². The summed E-state index contributed by atoms with van der Waals surface area (Å²) in [6, 6.07) is 10.7. The molecule has 18 heavy (non-hydrogen) atoms. The highest BCUT2D eigenvalue weighted by molar-refractivity contribution is 7.79. The fourth-order valence-corrected chi connectivity index (χ4v) is 3.58. The highest BCUT2D eigenvalue weighted by Crippen LogP contribution is 2.43. The SMILES string of the molecule is SCc1sc(CCc2ccccc2)nc1C1CC1. The first kappa shape index (κ1) is 12.2. The minimum absolute atomic E-state index is 0.744. The molecule has 1 aromatic heterocycles. The van der Waals surface area contributed by atoms with Crippen molar-refractivity contribution in [1.29, 1.82) is 0 Å². The largest absolute Gasteiger partial charge is 0.246 e. The molecule has 3 heteroatoms. The molecule has 1 aromatic carbocycles. The minimum Gasteiger partial charge on any atom is -0.246 e. The molecule has 1 aliphatic carbocycles. The molecule has 1 aliphatic rings. The van der Waals surface area contributed by atoms with E-state index >= 15 is 0 Å². The Hall–Kier alpha value is -0.800. The van der Waals surface area contributed by atoms with Gasteiger partial charge in [-0.05, 0) is 24.8 Å². The lowest BCUT2D eigenvalue weighted by atomic mass is 10.1. The van der Waals surface area contributed by atoms with Crippen LogP contribution in [0.15, 0.2) is 30.3 Å². The van der Waals surface area contributed by atoms with Crippen LogP contribution in [0.25, 0.3) is 0 Å². The molecule has 0 saturated heterocycles. The first-order chi connectivity index (χ1) is 8.86. The fraction of sp³-hybridized carbons (Fsp3) is 0.400. The third-order valence-corrected chi connectivity index (χ3v) is 5.01. The summed E-state index contributed by atoms with van der Waals surface area (Å²) in [5.74, 6) is 1.59. The number of nitrogens with zero attached hydrogens (tertiary/aromatic N) is 1. The van der Waals surface area contributed by atoms with E-state index in [0.717, 1.165) is 24.5 Å². The Bertz CT molecular complexity index is 515. The molecule has 2 aromatic rings. The van der Waals surface area contributed by atoms with Crippen molar-refractivity contribution in [3.63, 3.8) is 0 Å². The number of aromatic nitrogens is 1. The van der Waals surface area contributed by atoms with Crippen molar-refractivity contribution in [3.8, 4) is 0 Å². The zero-order valence-corrected chi connectivity index (χ0v) is 12.0. The lowest BCUT2D eigenvalue weighted by Crippen LogP contribution is -1.91. The summed E-state index contributed by atoms with van der Waals surface area (Å²) < 4.78 is 0. The van der Waals surface area contributed by atoms with Crippen molar-refractivity contribution in [2.75, 3.05) is 0 Å². The minimum atomic E-state index is 0.744. The van der Waals surface area contributed by atoms with Crippen LogP contribution in [0, 0.1) is 0 Å². The van der Waals surface area contributed by atoms with Gasteiger partial charge in [-0.3, -0.25) is 0 Å². The van der Waals surface area contributed by atoms with Gasteiger partial charge in [-0.1, -0.05) is 30.3 Å². The maximum absolute atomic E-state index is 4.83. The van der Waals surface area contributed by atoms with Crippen LogP contribution in [0.5, 0.6) is 0 Å². The quantitative estimate of drug-likeness (QED) is 0.806. The predicted molar refractivity (Wildman–Crippen MR) is 80.6 cm³/mol. The summed E-state index contributed by atoms with van der Waals surface area (Å²) in [5.41, 5.74) is 2.74. The summed E-state index contributed by atoms with van der Waals surface area (Å²) in [6.07, 6.45) is 4.79. The molecular weight excluding hydrogens is 258 g/mol. The van der Waals surface area contributed by atoms with E-state index in [1.54, 1.807) is 0 Å². The molecule has 0 spiro atoms. The predicted octanol–water partition coefficient (Wildman–Crippen LogP) is 4.24. The Morgan fingerprint density at radius 3 is 2.61 bits per heavy atom. The van der Waals surface area contributed by atoms with Crippen molar-refractivity contribution in [2.45, 2.75) is 37.4 Å². The summed E-state index contributed by atoms with van der Waals surface area (Å²) in [4.78, 5) is 6.22. The number of benzene rings is 1. The van der Waals surface area contributed by atoms with Gasteiger partial charge in [-0.2, -0.15) is 12.6 Å². The summed E-state index contributed by atoms with van der Waals surface area (Å²) in [5, 5.41) is 1.28.